The molecule has 1 heterocycles. The smallest absolute Gasteiger partial charge is 0.291 e. The second-order valence-corrected chi connectivity index (χ2v) is 7.34. The Morgan fingerprint density at radius 1 is 1.00 bits per heavy atom. The monoisotopic (exact) mass is 393 g/mol. The molecule has 0 saturated carbocycles. The molecule has 1 aliphatic rings. The number of amides is 2. The van der Waals surface area contributed by atoms with E-state index < -0.39 is 10.3 Å². The number of thioether (sulfide) groups is 1. The average molecular weight is 393 g/mol. The lowest BCUT2D eigenvalue weighted by Crippen LogP contribution is -2.33. The molecule has 3 aromatic rings. The highest BCUT2D eigenvalue weighted by molar-refractivity contribution is 8.15. The summed E-state index contributed by atoms with van der Waals surface area (Å²) in [6.45, 7) is 0.0797. The predicted octanol–water partition coefficient (Wildman–Crippen LogP) is 4.38. The summed E-state index contributed by atoms with van der Waals surface area (Å²) in [7, 11) is 0. The van der Waals surface area contributed by atoms with E-state index in [1.165, 1.54) is 12.1 Å². The molecule has 0 aliphatic carbocycles. The summed E-state index contributed by atoms with van der Waals surface area (Å²) in [5.74, 6) is -0.332. The molecule has 0 aromatic heterocycles. The summed E-state index contributed by atoms with van der Waals surface area (Å²) in [6.07, 6.45) is 0. The Hall–Kier alpha value is -3.39. The van der Waals surface area contributed by atoms with Crippen LogP contribution in [0.3, 0.4) is 0 Å². The molecule has 0 bridgehead atoms. The van der Waals surface area contributed by atoms with Gasteiger partial charge >= 0.3 is 0 Å². The molecule has 0 radical (unpaired) electrons. The number of rotatable bonds is 5. The first-order valence-electron chi connectivity index (χ1n) is 8.52. The summed E-state index contributed by atoms with van der Waals surface area (Å²) >= 11 is 0.931. The number of hydrogen-bond acceptors (Lipinski definition) is 6. The Balaban J connectivity index is 1.51. The topological polar surface area (TPSA) is 92.6 Å². The Morgan fingerprint density at radius 3 is 2.46 bits per heavy atom. The molecule has 1 aliphatic heterocycles. The van der Waals surface area contributed by atoms with E-state index in [0.29, 0.717) is 5.56 Å². The van der Waals surface area contributed by atoms with Gasteiger partial charge in [0.25, 0.3) is 16.8 Å². The van der Waals surface area contributed by atoms with Crippen LogP contribution in [0.4, 0.5) is 16.2 Å². The van der Waals surface area contributed by atoms with Crippen LogP contribution < -0.4 is 5.32 Å². The van der Waals surface area contributed by atoms with Crippen molar-refractivity contribution in [1.29, 1.82) is 0 Å². The zero-order chi connectivity index (χ0) is 19.7. The van der Waals surface area contributed by atoms with Crippen molar-refractivity contribution in [2.45, 2.75) is 11.9 Å². The fourth-order valence-corrected chi connectivity index (χ4v) is 3.98. The zero-order valence-corrected chi connectivity index (χ0v) is 15.4. The van der Waals surface area contributed by atoms with Gasteiger partial charge in [-0.05, 0) is 28.8 Å². The minimum absolute atomic E-state index is 0.0345. The molecule has 1 saturated heterocycles. The predicted molar refractivity (Wildman–Crippen MR) is 108 cm³/mol. The van der Waals surface area contributed by atoms with Gasteiger partial charge in [0.2, 0.25) is 0 Å². The summed E-state index contributed by atoms with van der Waals surface area (Å²) < 4.78 is 0. The molecule has 1 unspecified atom stereocenters. The van der Waals surface area contributed by atoms with Crippen molar-refractivity contribution in [3.63, 3.8) is 0 Å². The maximum Gasteiger partial charge on any atom is 0.291 e. The van der Waals surface area contributed by atoms with Gasteiger partial charge in [0.15, 0.2) is 5.37 Å². The van der Waals surface area contributed by atoms with Crippen LogP contribution in [-0.4, -0.2) is 26.3 Å². The van der Waals surface area contributed by atoms with Gasteiger partial charge in [-0.3, -0.25) is 24.6 Å². The summed E-state index contributed by atoms with van der Waals surface area (Å²) in [5, 5.41) is 14.9. The molecule has 1 N–H and O–H groups in total. The minimum Gasteiger partial charge on any atom is -0.365 e. The SMILES string of the molecule is O=C1SC(Nc2cccc3ccccc23)C(=O)N1Cc1ccc([N+](=O)[O-])cc1. The molecule has 140 valence electrons. The molecule has 2 amide bonds. The van der Waals surface area contributed by atoms with Crippen molar-refractivity contribution in [3.8, 4) is 0 Å². The number of carbonyl (C=O) groups is 2. The molecule has 0 spiro atoms. The molecular weight excluding hydrogens is 378 g/mol. The lowest BCUT2D eigenvalue weighted by molar-refractivity contribution is -0.384. The van der Waals surface area contributed by atoms with Crippen molar-refractivity contribution >= 4 is 45.1 Å². The van der Waals surface area contributed by atoms with Crippen LogP contribution >= 0.6 is 11.8 Å². The Morgan fingerprint density at radius 2 is 1.71 bits per heavy atom. The Labute approximate surface area is 164 Å². The van der Waals surface area contributed by atoms with E-state index in [1.807, 2.05) is 42.5 Å². The highest BCUT2D eigenvalue weighted by atomic mass is 32.2. The number of nitro benzene ring substituents is 1. The van der Waals surface area contributed by atoms with E-state index in [1.54, 1.807) is 12.1 Å². The van der Waals surface area contributed by atoms with Crippen LogP contribution in [0.5, 0.6) is 0 Å². The molecule has 8 heteroatoms. The zero-order valence-electron chi connectivity index (χ0n) is 14.6. The molecular formula is C20H15N3O4S. The molecule has 1 fully saturated rings. The number of non-ortho nitro benzene ring substituents is 1. The lowest BCUT2D eigenvalue weighted by Gasteiger charge is -2.16. The second-order valence-electron chi connectivity index (χ2n) is 6.28. The highest BCUT2D eigenvalue weighted by Gasteiger charge is 2.39. The van der Waals surface area contributed by atoms with E-state index in [9.17, 15) is 19.7 Å². The fourth-order valence-electron chi connectivity index (χ4n) is 3.08. The van der Waals surface area contributed by atoms with Crippen LogP contribution in [-0.2, 0) is 11.3 Å². The van der Waals surface area contributed by atoms with Gasteiger partial charge in [-0.1, -0.05) is 48.5 Å². The van der Waals surface area contributed by atoms with Gasteiger partial charge in [-0.2, -0.15) is 0 Å². The molecule has 4 rings (SSSR count). The average Bonchev–Trinajstić information content (AvgIpc) is 2.96. The number of fused-ring (bicyclic) bond motifs is 1. The van der Waals surface area contributed by atoms with Crippen molar-refractivity contribution in [3.05, 3.63) is 82.4 Å². The Bertz CT molecular complexity index is 1080. The number of nitro groups is 1. The van der Waals surface area contributed by atoms with Crippen molar-refractivity contribution in [1.82, 2.24) is 4.90 Å². The van der Waals surface area contributed by atoms with Crippen molar-refractivity contribution in [2.75, 3.05) is 5.32 Å². The number of imide groups is 1. The van der Waals surface area contributed by atoms with Gasteiger partial charge < -0.3 is 5.32 Å². The molecule has 7 nitrogen and oxygen atoms in total. The fraction of sp³-hybridized carbons (Fsp3) is 0.100. The quantitative estimate of drug-likeness (QED) is 0.511. The molecule has 1 atom stereocenters. The summed E-state index contributed by atoms with van der Waals surface area (Å²) in [6, 6.07) is 19.4. The van der Waals surface area contributed by atoms with Crippen LogP contribution in [0, 0.1) is 10.1 Å². The summed E-state index contributed by atoms with van der Waals surface area (Å²) in [4.78, 5) is 36.5. The first kappa shape index (κ1) is 18.0. The highest BCUT2D eigenvalue weighted by Crippen LogP contribution is 2.32. The van der Waals surface area contributed by atoms with Crippen molar-refractivity contribution < 1.29 is 14.5 Å². The maximum atomic E-state index is 12.7. The number of hydrogen-bond donors (Lipinski definition) is 1. The van der Waals surface area contributed by atoms with Gasteiger partial charge in [0.1, 0.15) is 0 Å². The normalized spacial score (nSPS) is 16.6. The number of nitrogens with one attached hydrogen (secondary N) is 1. The van der Waals surface area contributed by atoms with E-state index in [2.05, 4.69) is 5.32 Å². The van der Waals surface area contributed by atoms with Crippen LogP contribution in [0.2, 0.25) is 0 Å². The largest absolute Gasteiger partial charge is 0.365 e. The molecule has 28 heavy (non-hydrogen) atoms. The third-order valence-corrected chi connectivity index (χ3v) is 5.47. The first-order valence-corrected chi connectivity index (χ1v) is 9.40. The van der Waals surface area contributed by atoms with Gasteiger partial charge in [-0.15, -0.1) is 0 Å². The number of benzene rings is 3. The maximum absolute atomic E-state index is 12.7. The number of anilines is 1. The number of nitrogens with zero attached hydrogens (tertiary/aromatic N) is 2. The first-order chi connectivity index (χ1) is 13.5. The lowest BCUT2D eigenvalue weighted by atomic mass is 10.1. The van der Waals surface area contributed by atoms with E-state index in [4.69, 9.17) is 0 Å². The van der Waals surface area contributed by atoms with E-state index in [0.717, 1.165) is 33.1 Å². The number of carbonyl (C=O) groups excluding carboxylic acids is 2. The van der Waals surface area contributed by atoms with Gasteiger partial charge in [0.05, 0.1) is 11.5 Å². The second kappa shape index (κ2) is 7.32. The third-order valence-electron chi connectivity index (χ3n) is 4.49. The standard InChI is InChI=1S/C20H15N3O4S/c24-19-18(21-17-7-3-5-14-4-1-2-6-16(14)17)28-20(25)22(19)12-13-8-10-15(11-9-13)23(26)27/h1-11,18,21H,12H2. The van der Waals surface area contributed by atoms with Gasteiger partial charge in [0, 0.05) is 23.2 Å². The van der Waals surface area contributed by atoms with Crippen LogP contribution in [0.15, 0.2) is 66.7 Å². The third kappa shape index (κ3) is 3.41. The van der Waals surface area contributed by atoms with Crippen LogP contribution in [0.25, 0.3) is 10.8 Å². The van der Waals surface area contributed by atoms with E-state index in [-0.39, 0.29) is 23.4 Å². The minimum atomic E-state index is -0.712. The van der Waals surface area contributed by atoms with E-state index >= 15 is 0 Å². The van der Waals surface area contributed by atoms with Crippen LogP contribution in [0.1, 0.15) is 5.56 Å². The Kier molecular flexibility index (Phi) is 4.70. The summed E-state index contributed by atoms with van der Waals surface area (Å²) in [5.41, 5.74) is 1.40. The molecule has 3 aromatic carbocycles. The van der Waals surface area contributed by atoms with Gasteiger partial charge in [-0.25, -0.2) is 0 Å². The van der Waals surface area contributed by atoms with Crippen molar-refractivity contribution in [2.24, 2.45) is 0 Å².